The molecule has 0 aromatic carbocycles. The fourth-order valence-electron chi connectivity index (χ4n) is 5.20. The highest BCUT2D eigenvalue weighted by molar-refractivity contribution is 5.02. The molecule has 1 nitrogen and oxygen atoms in total. The standard InChI is InChI=1S/C13H23N/c1-13-6-9-4-10(7-13)12(2-3-14)11(5-9)8-13/h9-12H,2-8,14H2,1H3. The van der Waals surface area contributed by atoms with Crippen LogP contribution in [0.1, 0.15) is 45.4 Å². The van der Waals surface area contributed by atoms with Gasteiger partial charge < -0.3 is 5.73 Å². The predicted octanol–water partition coefficient (Wildman–Crippen LogP) is 2.80. The number of rotatable bonds is 2. The zero-order valence-corrected chi connectivity index (χ0v) is 9.34. The van der Waals surface area contributed by atoms with E-state index in [-0.39, 0.29) is 0 Å². The lowest BCUT2D eigenvalue weighted by molar-refractivity contribution is -0.0875. The fraction of sp³-hybridized carbons (Fsp3) is 1.00. The van der Waals surface area contributed by atoms with Crippen LogP contribution in [0.2, 0.25) is 0 Å². The van der Waals surface area contributed by atoms with Crippen LogP contribution in [0.15, 0.2) is 0 Å². The Labute approximate surface area is 87.4 Å². The van der Waals surface area contributed by atoms with Crippen molar-refractivity contribution < 1.29 is 0 Å². The van der Waals surface area contributed by atoms with Gasteiger partial charge in [-0.05, 0) is 74.2 Å². The normalized spacial score (nSPS) is 55.3. The molecule has 4 saturated carbocycles. The molecule has 0 aliphatic heterocycles. The van der Waals surface area contributed by atoms with Crippen LogP contribution in [0.3, 0.4) is 0 Å². The number of nitrogens with two attached hydrogens (primary N) is 1. The van der Waals surface area contributed by atoms with Crippen molar-refractivity contribution >= 4 is 0 Å². The Hall–Kier alpha value is -0.0400. The van der Waals surface area contributed by atoms with Gasteiger partial charge in [0.2, 0.25) is 0 Å². The maximum absolute atomic E-state index is 5.74. The maximum Gasteiger partial charge on any atom is -0.00744 e. The van der Waals surface area contributed by atoms with Gasteiger partial charge in [0.15, 0.2) is 0 Å². The number of hydrogen-bond acceptors (Lipinski definition) is 1. The molecular weight excluding hydrogens is 170 g/mol. The van der Waals surface area contributed by atoms with Crippen LogP contribution in [0.5, 0.6) is 0 Å². The zero-order valence-electron chi connectivity index (χ0n) is 9.34. The van der Waals surface area contributed by atoms with E-state index in [0.717, 1.165) is 35.6 Å². The van der Waals surface area contributed by atoms with Gasteiger partial charge in [-0.2, -0.15) is 0 Å². The molecule has 0 heterocycles. The maximum atomic E-state index is 5.74. The minimum absolute atomic E-state index is 0.738. The zero-order chi connectivity index (χ0) is 9.76. The third-order valence-corrected chi connectivity index (χ3v) is 5.27. The van der Waals surface area contributed by atoms with Crippen LogP contribution in [0, 0.1) is 29.1 Å². The van der Waals surface area contributed by atoms with E-state index >= 15 is 0 Å². The molecule has 0 aromatic rings. The first-order valence-electron chi connectivity index (χ1n) is 6.40. The summed E-state index contributed by atoms with van der Waals surface area (Å²) in [7, 11) is 0. The molecule has 0 aromatic heterocycles. The lowest BCUT2D eigenvalue weighted by atomic mass is 9.46. The molecule has 2 unspecified atom stereocenters. The van der Waals surface area contributed by atoms with Crippen LogP contribution in [-0.4, -0.2) is 6.54 Å². The molecule has 80 valence electrons. The largest absolute Gasteiger partial charge is 0.330 e. The van der Waals surface area contributed by atoms with E-state index in [9.17, 15) is 0 Å². The molecule has 4 fully saturated rings. The molecule has 4 bridgehead atoms. The fourth-order valence-corrected chi connectivity index (χ4v) is 5.20. The van der Waals surface area contributed by atoms with E-state index in [1.165, 1.54) is 38.5 Å². The summed E-state index contributed by atoms with van der Waals surface area (Å²) in [4.78, 5) is 0. The van der Waals surface area contributed by atoms with Crippen molar-refractivity contribution in [3.05, 3.63) is 0 Å². The van der Waals surface area contributed by atoms with Crippen LogP contribution in [-0.2, 0) is 0 Å². The van der Waals surface area contributed by atoms with Crippen LogP contribution in [0.25, 0.3) is 0 Å². The number of hydrogen-bond donors (Lipinski definition) is 1. The van der Waals surface area contributed by atoms with Crippen LogP contribution < -0.4 is 5.73 Å². The van der Waals surface area contributed by atoms with E-state index in [2.05, 4.69) is 6.92 Å². The molecule has 4 aliphatic rings. The van der Waals surface area contributed by atoms with E-state index in [1.54, 1.807) is 0 Å². The lowest BCUT2D eigenvalue weighted by Gasteiger charge is -2.59. The lowest BCUT2D eigenvalue weighted by Crippen LogP contribution is -2.50. The third-order valence-electron chi connectivity index (χ3n) is 5.27. The summed E-state index contributed by atoms with van der Waals surface area (Å²) >= 11 is 0. The topological polar surface area (TPSA) is 26.0 Å². The molecule has 2 atom stereocenters. The van der Waals surface area contributed by atoms with Crippen molar-refractivity contribution in [3.8, 4) is 0 Å². The van der Waals surface area contributed by atoms with Gasteiger partial charge >= 0.3 is 0 Å². The van der Waals surface area contributed by atoms with Gasteiger partial charge in [-0.3, -0.25) is 0 Å². The summed E-state index contributed by atoms with van der Waals surface area (Å²) in [6.07, 6.45) is 8.95. The Bertz CT molecular complexity index is 219. The van der Waals surface area contributed by atoms with Crippen LogP contribution in [0.4, 0.5) is 0 Å². The summed E-state index contributed by atoms with van der Waals surface area (Å²) in [5.41, 5.74) is 6.48. The highest BCUT2D eigenvalue weighted by Gasteiger charge is 2.52. The summed E-state index contributed by atoms with van der Waals surface area (Å²) in [6, 6.07) is 0. The molecule has 0 spiro atoms. The molecule has 1 heteroatoms. The van der Waals surface area contributed by atoms with Crippen molar-refractivity contribution in [2.24, 2.45) is 34.8 Å². The quantitative estimate of drug-likeness (QED) is 0.717. The smallest absolute Gasteiger partial charge is 0.00744 e. The van der Waals surface area contributed by atoms with Crippen molar-refractivity contribution in [1.82, 2.24) is 0 Å². The molecule has 0 amide bonds. The summed E-state index contributed by atoms with van der Waals surface area (Å²) in [6.45, 7) is 3.45. The van der Waals surface area contributed by atoms with Gasteiger partial charge in [0.25, 0.3) is 0 Å². The van der Waals surface area contributed by atoms with E-state index in [1.807, 2.05) is 0 Å². The minimum Gasteiger partial charge on any atom is -0.330 e. The summed E-state index contributed by atoms with van der Waals surface area (Å²) < 4.78 is 0. The van der Waals surface area contributed by atoms with E-state index < -0.39 is 0 Å². The van der Waals surface area contributed by atoms with Crippen molar-refractivity contribution in [2.75, 3.05) is 6.54 Å². The molecule has 0 saturated heterocycles. The second-order valence-electron chi connectivity index (χ2n) is 6.52. The molecule has 0 radical (unpaired) electrons. The van der Waals surface area contributed by atoms with Gasteiger partial charge in [0, 0.05) is 0 Å². The minimum atomic E-state index is 0.738. The monoisotopic (exact) mass is 193 g/mol. The summed E-state index contributed by atoms with van der Waals surface area (Å²) in [5.74, 6) is 4.20. The second-order valence-corrected chi connectivity index (χ2v) is 6.52. The van der Waals surface area contributed by atoms with E-state index in [4.69, 9.17) is 5.73 Å². The Morgan fingerprint density at radius 2 is 1.79 bits per heavy atom. The molecule has 4 rings (SSSR count). The highest BCUT2D eigenvalue weighted by Crippen LogP contribution is 2.62. The van der Waals surface area contributed by atoms with Crippen molar-refractivity contribution in [3.63, 3.8) is 0 Å². The van der Waals surface area contributed by atoms with Crippen molar-refractivity contribution in [2.45, 2.75) is 45.4 Å². The average molecular weight is 193 g/mol. The van der Waals surface area contributed by atoms with Gasteiger partial charge in [0.1, 0.15) is 0 Å². The van der Waals surface area contributed by atoms with Gasteiger partial charge in [-0.15, -0.1) is 0 Å². The second kappa shape index (κ2) is 2.98. The Balaban J connectivity index is 1.82. The Morgan fingerprint density at radius 1 is 1.14 bits per heavy atom. The first-order valence-corrected chi connectivity index (χ1v) is 6.40. The van der Waals surface area contributed by atoms with E-state index in [0.29, 0.717) is 0 Å². The Kier molecular flexibility index (Phi) is 1.96. The molecular formula is C13H23N. The summed E-state index contributed by atoms with van der Waals surface area (Å²) in [5, 5.41) is 0. The van der Waals surface area contributed by atoms with Gasteiger partial charge in [-0.1, -0.05) is 6.92 Å². The van der Waals surface area contributed by atoms with Gasteiger partial charge in [0.05, 0.1) is 0 Å². The van der Waals surface area contributed by atoms with Gasteiger partial charge in [-0.25, -0.2) is 0 Å². The molecule has 4 aliphatic carbocycles. The SMILES string of the molecule is CC12CC3CC(C1)C(CCN)C(C3)C2. The highest BCUT2D eigenvalue weighted by atomic mass is 14.6. The molecule has 14 heavy (non-hydrogen) atoms. The van der Waals surface area contributed by atoms with Crippen LogP contribution >= 0.6 is 0 Å². The first kappa shape index (κ1) is 9.21. The Morgan fingerprint density at radius 3 is 2.29 bits per heavy atom. The molecule has 2 N–H and O–H groups in total. The first-order chi connectivity index (χ1) is 6.70. The predicted molar refractivity (Wildman–Crippen MR) is 58.8 cm³/mol. The third kappa shape index (κ3) is 1.25. The van der Waals surface area contributed by atoms with Crippen molar-refractivity contribution in [1.29, 1.82) is 0 Å². The average Bonchev–Trinajstić information content (AvgIpc) is 2.08.